The monoisotopic (exact) mass is 357 g/mol. The molecule has 1 aliphatic heterocycles. The van der Waals surface area contributed by atoms with Gasteiger partial charge in [-0.1, -0.05) is 44.2 Å². The van der Waals surface area contributed by atoms with Crippen LogP contribution in [0.15, 0.2) is 30.4 Å². The van der Waals surface area contributed by atoms with Crippen molar-refractivity contribution in [1.29, 1.82) is 0 Å². The van der Waals surface area contributed by atoms with Crippen LogP contribution >= 0.6 is 0 Å². The van der Waals surface area contributed by atoms with Gasteiger partial charge in [-0.3, -0.25) is 0 Å². The zero-order chi connectivity index (χ0) is 18.8. The largest absolute Gasteiger partial charge is 0.463 e. The second-order valence-corrected chi connectivity index (χ2v) is 7.27. The van der Waals surface area contributed by atoms with E-state index in [1.54, 1.807) is 13.8 Å². The number of allylic oxidation sites excluding steroid dienone is 2. The van der Waals surface area contributed by atoms with Gasteiger partial charge < -0.3 is 14.8 Å². The maximum atomic E-state index is 12.8. The predicted octanol–water partition coefficient (Wildman–Crippen LogP) is 3.76. The molecule has 0 fully saturated rings. The van der Waals surface area contributed by atoms with Crippen LogP contribution in [0.3, 0.4) is 0 Å². The zero-order valence-electron chi connectivity index (χ0n) is 15.8. The highest BCUT2D eigenvalue weighted by Gasteiger charge is 2.43. The van der Waals surface area contributed by atoms with Crippen LogP contribution in [0, 0.1) is 5.92 Å². The molecule has 0 aromatic heterocycles. The number of fused-ring (bicyclic) bond motifs is 3. The lowest BCUT2D eigenvalue weighted by Gasteiger charge is -2.37. The molecule has 140 valence electrons. The normalized spacial score (nSPS) is 24.4. The number of benzene rings is 1. The molecule has 5 heteroatoms. The van der Waals surface area contributed by atoms with Crippen LogP contribution in [0.5, 0.6) is 0 Å². The second-order valence-electron chi connectivity index (χ2n) is 7.27. The smallest absolute Gasteiger partial charge is 0.347 e. The van der Waals surface area contributed by atoms with Crippen molar-refractivity contribution < 1.29 is 19.1 Å². The molecule has 3 rings (SSSR count). The van der Waals surface area contributed by atoms with E-state index in [2.05, 4.69) is 49.5 Å². The minimum Gasteiger partial charge on any atom is -0.463 e. The maximum Gasteiger partial charge on any atom is 0.347 e. The van der Waals surface area contributed by atoms with E-state index in [4.69, 9.17) is 9.47 Å². The van der Waals surface area contributed by atoms with Gasteiger partial charge in [-0.05, 0) is 37.3 Å². The molecule has 0 radical (unpaired) electrons. The molecular formula is C21H27NO4. The lowest BCUT2D eigenvalue weighted by atomic mass is 9.77. The van der Waals surface area contributed by atoms with Crippen LogP contribution in [0.4, 0.5) is 5.69 Å². The Morgan fingerprint density at radius 2 is 2.04 bits per heavy atom. The average molecular weight is 357 g/mol. The van der Waals surface area contributed by atoms with Crippen LogP contribution in [-0.4, -0.2) is 30.7 Å². The van der Waals surface area contributed by atoms with Gasteiger partial charge in [-0.25, -0.2) is 9.59 Å². The van der Waals surface area contributed by atoms with E-state index in [0.717, 1.165) is 12.1 Å². The second kappa shape index (κ2) is 7.52. The molecule has 0 spiro atoms. The number of carbonyl (C=O) groups excluding carboxylic acids is 2. The third kappa shape index (κ3) is 3.35. The first kappa shape index (κ1) is 18.5. The highest BCUT2D eigenvalue weighted by molar-refractivity contribution is 5.86. The number of ether oxygens (including phenoxy) is 2. The summed E-state index contributed by atoms with van der Waals surface area (Å²) in [7, 11) is 0. The molecule has 4 atom stereocenters. The third-order valence-electron chi connectivity index (χ3n) is 5.22. The average Bonchev–Trinajstić information content (AvgIpc) is 3.10. The van der Waals surface area contributed by atoms with Crippen LogP contribution in [-0.2, 0) is 19.1 Å². The minimum atomic E-state index is -0.904. The van der Waals surface area contributed by atoms with Crippen molar-refractivity contribution in [1.82, 2.24) is 0 Å². The number of nitrogens with one attached hydrogen (secondary N) is 1. The Morgan fingerprint density at radius 3 is 2.73 bits per heavy atom. The Hall–Kier alpha value is -2.30. The van der Waals surface area contributed by atoms with Crippen LogP contribution in [0.25, 0.3) is 0 Å². The number of para-hydroxylation sites is 1. The van der Waals surface area contributed by atoms with Crippen LogP contribution in [0.2, 0.25) is 0 Å². The molecule has 1 heterocycles. The highest BCUT2D eigenvalue weighted by atomic mass is 16.6. The van der Waals surface area contributed by atoms with Crippen molar-refractivity contribution >= 4 is 17.6 Å². The molecule has 1 N–H and O–H groups in total. The van der Waals surface area contributed by atoms with E-state index in [-0.39, 0.29) is 18.4 Å². The van der Waals surface area contributed by atoms with Crippen LogP contribution in [0.1, 0.15) is 57.1 Å². The van der Waals surface area contributed by atoms with E-state index >= 15 is 0 Å². The van der Waals surface area contributed by atoms with Crippen molar-refractivity contribution in [3.8, 4) is 0 Å². The molecule has 0 unspecified atom stereocenters. The predicted molar refractivity (Wildman–Crippen MR) is 100 cm³/mol. The van der Waals surface area contributed by atoms with Crippen molar-refractivity contribution in [2.75, 3.05) is 11.9 Å². The number of esters is 2. The Balaban J connectivity index is 1.86. The fourth-order valence-corrected chi connectivity index (χ4v) is 3.92. The van der Waals surface area contributed by atoms with Crippen molar-refractivity contribution in [2.24, 2.45) is 5.92 Å². The first-order valence-electron chi connectivity index (χ1n) is 9.37. The summed E-state index contributed by atoms with van der Waals surface area (Å²) >= 11 is 0. The molecule has 1 aromatic rings. The molecule has 0 bridgehead atoms. The summed E-state index contributed by atoms with van der Waals surface area (Å²) in [4.78, 5) is 24.6. The summed E-state index contributed by atoms with van der Waals surface area (Å²) in [6, 6.07) is 5.84. The summed E-state index contributed by atoms with van der Waals surface area (Å²) in [5, 5.41) is 3.43. The minimum absolute atomic E-state index is 0.104. The van der Waals surface area contributed by atoms with Gasteiger partial charge in [0.05, 0.1) is 6.61 Å². The zero-order valence-corrected chi connectivity index (χ0v) is 15.8. The van der Waals surface area contributed by atoms with E-state index in [1.807, 2.05) is 0 Å². The number of carbonyl (C=O) groups is 2. The maximum absolute atomic E-state index is 12.8. The molecule has 26 heavy (non-hydrogen) atoms. The Kier molecular flexibility index (Phi) is 5.35. The Bertz CT molecular complexity index is 725. The highest BCUT2D eigenvalue weighted by Crippen LogP contribution is 2.47. The number of hydrogen-bond acceptors (Lipinski definition) is 5. The van der Waals surface area contributed by atoms with E-state index < -0.39 is 24.1 Å². The van der Waals surface area contributed by atoms with Crippen molar-refractivity contribution in [3.63, 3.8) is 0 Å². The molecule has 0 saturated carbocycles. The van der Waals surface area contributed by atoms with Crippen LogP contribution < -0.4 is 5.32 Å². The summed E-state index contributed by atoms with van der Waals surface area (Å²) in [6.07, 6.45) is 4.22. The third-order valence-corrected chi connectivity index (χ3v) is 5.22. The fourth-order valence-electron chi connectivity index (χ4n) is 3.92. The van der Waals surface area contributed by atoms with E-state index in [9.17, 15) is 9.59 Å². The first-order chi connectivity index (χ1) is 12.4. The molecule has 1 aliphatic carbocycles. The molecular weight excluding hydrogens is 330 g/mol. The topological polar surface area (TPSA) is 64.6 Å². The number of rotatable bonds is 5. The number of hydrogen-bond donors (Lipinski definition) is 1. The summed E-state index contributed by atoms with van der Waals surface area (Å²) in [5.41, 5.74) is 3.45. The fraction of sp³-hybridized carbons (Fsp3) is 0.524. The van der Waals surface area contributed by atoms with Gasteiger partial charge in [0.25, 0.3) is 0 Å². The van der Waals surface area contributed by atoms with Gasteiger partial charge in [0.1, 0.15) is 6.04 Å². The van der Waals surface area contributed by atoms with Gasteiger partial charge in [0.2, 0.25) is 0 Å². The lowest BCUT2D eigenvalue weighted by Crippen LogP contribution is -2.45. The summed E-state index contributed by atoms with van der Waals surface area (Å²) in [6.45, 7) is 7.83. The molecule has 0 saturated heterocycles. The van der Waals surface area contributed by atoms with E-state index in [1.165, 1.54) is 11.1 Å². The summed E-state index contributed by atoms with van der Waals surface area (Å²) < 4.78 is 10.4. The summed E-state index contributed by atoms with van der Waals surface area (Å²) in [5.74, 6) is -0.267. The van der Waals surface area contributed by atoms with Gasteiger partial charge in [0, 0.05) is 17.5 Å². The Morgan fingerprint density at radius 1 is 1.27 bits per heavy atom. The number of anilines is 1. The van der Waals surface area contributed by atoms with Crippen molar-refractivity contribution in [2.45, 2.75) is 58.1 Å². The van der Waals surface area contributed by atoms with Gasteiger partial charge in [0.15, 0.2) is 6.10 Å². The molecule has 1 aromatic carbocycles. The van der Waals surface area contributed by atoms with E-state index in [0.29, 0.717) is 5.92 Å². The van der Waals surface area contributed by atoms with Gasteiger partial charge >= 0.3 is 11.9 Å². The first-order valence-corrected chi connectivity index (χ1v) is 9.37. The SMILES string of the molecule is CCOC(=O)[C@H](C)OC(=O)[C@H]1Nc2c(C(C)C)cccc2[C@H]2C=CC[C@@H]12. The molecule has 0 amide bonds. The van der Waals surface area contributed by atoms with Crippen molar-refractivity contribution in [3.05, 3.63) is 41.5 Å². The van der Waals surface area contributed by atoms with Gasteiger partial charge in [-0.15, -0.1) is 0 Å². The Labute approximate surface area is 154 Å². The molecule has 2 aliphatic rings. The van der Waals surface area contributed by atoms with Gasteiger partial charge in [-0.2, -0.15) is 0 Å². The quantitative estimate of drug-likeness (QED) is 0.642. The standard InChI is InChI=1S/C21H27NO4/c1-5-25-20(23)13(4)26-21(24)19-17-11-7-9-15(17)16-10-6-8-14(12(2)3)18(16)22-19/h6-10,12-13,15,17,19,22H,5,11H2,1-4H3/t13-,15+,17+,19-/m0/s1. The lowest BCUT2D eigenvalue weighted by molar-refractivity contribution is -0.167. The molecule has 5 nitrogen and oxygen atoms in total.